The van der Waals surface area contributed by atoms with Crippen LogP contribution in [-0.2, 0) is 11.8 Å². The molecule has 0 spiro atoms. The molecule has 108 valence electrons. The van der Waals surface area contributed by atoms with Gasteiger partial charge in [-0.1, -0.05) is 6.07 Å². The van der Waals surface area contributed by atoms with Crippen LogP contribution >= 0.6 is 0 Å². The van der Waals surface area contributed by atoms with Gasteiger partial charge in [0.2, 0.25) is 0 Å². The van der Waals surface area contributed by atoms with Gasteiger partial charge in [0.25, 0.3) is 0 Å². The fourth-order valence-electron chi connectivity index (χ4n) is 1.87. The Morgan fingerprint density at radius 3 is 2.35 bits per heavy atom. The van der Waals surface area contributed by atoms with Gasteiger partial charge in [0.15, 0.2) is 5.69 Å². The monoisotopic (exact) mass is 288 g/mol. The van der Waals surface area contributed by atoms with Crippen molar-refractivity contribution in [3.63, 3.8) is 0 Å². The maximum Gasteiger partial charge on any atom is 0.433 e. The Labute approximate surface area is 112 Å². The summed E-state index contributed by atoms with van der Waals surface area (Å²) in [6, 6.07) is 4.66. The molecule has 0 saturated carbocycles. The van der Waals surface area contributed by atoms with Gasteiger partial charge in [-0.25, -0.2) is 9.07 Å². The zero-order valence-electron chi connectivity index (χ0n) is 10.7. The quantitative estimate of drug-likeness (QED) is 0.861. The topological polar surface area (TPSA) is 38.1 Å². The molecule has 3 nitrogen and oxygen atoms in total. The van der Waals surface area contributed by atoms with Crippen molar-refractivity contribution in [1.29, 1.82) is 0 Å². The van der Waals surface area contributed by atoms with Crippen molar-refractivity contribution in [3.05, 3.63) is 47.5 Å². The number of hydrogen-bond acceptors (Lipinski definition) is 2. The Hall–Kier alpha value is -1.89. The van der Waals surface area contributed by atoms with Crippen molar-refractivity contribution in [1.82, 2.24) is 9.78 Å². The fraction of sp³-hybridized carbons (Fsp3) is 0.308. The van der Waals surface area contributed by atoms with E-state index in [0.717, 1.165) is 18.3 Å². The summed E-state index contributed by atoms with van der Waals surface area (Å²) < 4.78 is 53.3. The highest BCUT2D eigenvalue weighted by Crippen LogP contribution is 2.37. The van der Waals surface area contributed by atoms with Gasteiger partial charge in [-0.15, -0.1) is 0 Å². The zero-order chi connectivity index (χ0) is 15.1. The van der Waals surface area contributed by atoms with E-state index in [9.17, 15) is 22.7 Å². The van der Waals surface area contributed by atoms with E-state index in [0.29, 0.717) is 4.68 Å². The molecule has 1 aromatic carbocycles. The van der Waals surface area contributed by atoms with Crippen LogP contribution in [0, 0.1) is 5.82 Å². The molecular weight excluding hydrogens is 276 g/mol. The van der Waals surface area contributed by atoms with Gasteiger partial charge in [0, 0.05) is 5.56 Å². The van der Waals surface area contributed by atoms with Crippen LogP contribution in [0.25, 0.3) is 5.69 Å². The number of aliphatic hydroxyl groups is 1. The molecule has 0 atom stereocenters. The Morgan fingerprint density at radius 1 is 1.20 bits per heavy atom. The van der Waals surface area contributed by atoms with E-state index in [1.165, 1.54) is 26.0 Å². The van der Waals surface area contributed by atoms with Crippen LogP contribution in [-0.4, -0.2) is 14.9 Å². The molecule has 0 saturated heterocycles. The van der Waals surface area contributed by atoms with Gasteiger partial charge in [-0.05, 0) is 32.0 Å². The molecule has 2 rings (SSSR count). The van der Waals surface area contributed by atoms with Crippen LogP contribution in [0.1, 0.15) is 25.1 Å². The summed E-state index contributed by atoms with van der Waals surface area (Å²) in [5, 5.41) is 13.5. The van der Waals surface area contributed by atoms with Crippen molar-refractivity contribution in [2.45, 2.75) is 25.6 Å². The van der Waals surface area contributed by atoms with Gasteiger partial charge in [0.1, 0.15) is 5.82 Å². The molecule has 0 amide bonds. The van der Waals surface area contributed by atoms with E-state index in [-0.39, 0.29) is 11.3 Å². The Kier molecular flexibility index (Phi) is 3.33. The van der Waals surface area contributed by atoms with E-state index in [4.69, 9.17) is 0 Å². The summed E-state index contributed by atoms with van der Waals surface area (Å²) in [5.74, 6) is -0.670. The Bertz CT molecular complexity index is 626. The van der Waals surface area contributed by atoms with Crippen molar-refractivity contribution < 1.29 is 22.7 Å². The van der Waals surface area contributed by atoms with Gasteiger partial charge in [0.05, 0.1) is 17.5 Å². The van der Waals surface area contributed by atoms with Crippen molar-refractivity contribution in [2.24, 2.45) is 0 Å². The van der Waals surface area contributed by atoms with E-state index in [2.05, 4.69) is 5.10 Å². The van der Waals surface area contributed by atoms with Gasteiger partial charge >= 0.3 is 6.18 Å². The highest BCUT2D eigenvalue weighted by molar-refractivity contribution is 5.38. The summed E-state index contributed by atoms with van der Waals surface area (Å²) >= 11 is 0. The molecular formula is C13H12F4N2O. The van der Waals surface area contributed by atoms with E-state index in [1.807, 2.05) is 0 Å². The molecule has 0 aliphatic heterocycles. The smallest absolute Gasteiger partial charge is 0.386 e. The predicted molar refractivity (Wildman–Crippen MR) is 63.8 cm³/mol. The lowest BCUT2D eigenvalue weighted by Gasteiger charge is -2.20. The molecule has 0 bridgehead atoms. The zero-order valence-corrected chi connectivity index (χ0v) is 10.7. The maximum atomic E-state index is 13.2. The first-order chi connectivity index (χ1) is 9.10. The molecule has 7 heteroatoms. The van der Waals surface area contributed by atoms with Crippen LogP contribution in [0.5, 0.6) is 0 Å². The van der Waals surface area contributed by atoms with Crippen LogP contribution in [0.3, 0.4) is 0 Å². The second-order valence-corrected chi connectivity index (χ2v) is 4.86. The average molecular weight is 288 g/mol. The molecule has 0 fully saturated rings. The summed E-state index contributed by atoms with van der Waals surface area (Å²) in [7, 11) is 0. The summed E-state index contributed by atoms with van der Waals surface area (Å²) in [5.41, 5.74) is -3.26. The van der Waals surface area contributed by atoms with E-state index in [1.54, 1.807) is 0 Å². The van der Waals surface area contributed by atoms with Crippen LogP contribution in [0.2, 0.25) is 0 Å². The van der Waals surface area contributed by atoms with Crippen LogP contribution < -0.4 is 0 Å². The van der Waals surface area contributed by atoms with Crippen molar-refractivity contribution >= 4 is 0 Å². The number of benzene rings is 1. The number of hydrogen-bond donors (Lipinski definition) is 1. The largest absolute Gasteiger partial charge is 0.433 e. The first-order valence-corrected chi connectivity index (χ1v) is 5.74. The van der Waals surface area contributed by atoms with Gasteiger partial charge in [-0.2, -0.15) is 18.3 Å². The molecule has 1 aromatic heterocycles. The lowest BCUT2D eigenvalue weighted by molar-refractivity contribution is -0.145. The molecule has 0 aliphatic rings. The van der Waals surface area contributed by atoms with E-state index >= 15 is 0 Å². The molecule has 1 N–H and O–H groups in total. The number of nitrogens with zero attached hydrogens (tertiary/aromatic N) is 2. The third-order valence-corrected chi connectivity index (χ3v) is 2.75. The molecule has 20 heavy (non-hydrogen) atoms. The number of rotatable bonds is 2. The van der Waals surface area contributed by atoms with Crippen LogP contribution in [0.15, 0.2) is 30.5 Å². The first-order valence-electron chi connectivity index (χ1n) is 5.74. The highest BCUT2D eigenvalue weighted by atomic mass is 19.4. The predicted octanol–water partition coefficient (Wildman–Crippen LogP) is 3.26. The van der Waals surface area contributed by atoms with Crippen LogP contribution in [0.4, 0.5) is 17.6 Å². The van der Waals surface area contributed by atoms with Gasteiger partial charge < -0.3 is 5.11 Å². The highest BCUT2D eigenvalue weighted by Gasteiger charge is 2.42. The fourth-order valence-corrected chi connectivity index (χ4v) is 1.87. The standard InChI is InChI=1S/C13H12F4N2O/c1-12(2,20)10-7-18-19(11(10)13(15,16)17)9-5-3-4-8(14)6-9/h3-7,20H,1-2H3. The van der Waals surface area contributed by atoms with Crippen molar-refractivity contribution in [3.8, 4) is 5.69 Å². The number of halogens is 4. The third-order valence-electron chi connectivity index (χ3n) is 2.75. The second kappa shape index (κ2) is 4.59. The Morgan fingerprint density at radius 2 is 1.85 bits per heavy atom. The first kappa shape index (κ1) is 14.5. The second-order valence-electron chi connectivity index (χ2n) is 4.86. The lowest BCUT2D eigenvalue weighted by atomic mass is 9.99. The lowest BCUT2D eigenvalue weighted by Crippen LogP contribution is -2.23. The summed E-state index contributed by atoms with van der Waals surface area (Å²) in [4.78, 5) is 0. The summed E-state index contributed by atoms with van der Waals surface area (Å²) in [6.45, 7) is 2.46. The SMILES string of the molecule is CC(C)(O)c1cnn(-c2cccc(F)c2)c1C(F)(F)F. The minimum absolute atomic E-state index is 0.0622. The summed E-state index contributed by atoms with van der Waals surface area (Å²) in [6.07, 6.45) is -3.79. The van der Waals surface area contributed by atoms with E-state index < -0.39 is 23.3 Å². The average Bonchev–Trinajstić information content (AvgIpc) is 2.72. The molecule has 1 heterocycles. The Balaban J connectivity index is 2.70. The molecule has 0 aliphatic carbocycles. The maximum absolute atomic E-state index is 13.2. The molecule has 0 radical (unpaired) electrons. The number of aromatic nitrogens is 2. The minimum Gasteiger partial charge on any atom is -0.386 e. The number of alkyl halides is 3. The minimum atomic E-state index is -4.72. The molecule has 0 unspecified atom stereocenters. The van der Waals surface area contributed by atoms with Crippen molar-refractivity contribution in [2.75, 3.05) is 0 Å². The normalized spacial score (nSPS) is 12.8. The molecule has 2 aromatic rings. The van der Waals surface area contributed by atoms with Gasteiger partial charge in [-0.3, -0.25) is 0 Å². The third kappa shape index (κ3) is 2.67.